The molecular weight excluding hydrogens is 418 g/mol. The third-order valence-electron chi connectivity index (χ3n) is 5.90. The molecule has 3 rings (SSSR count). The van der Waals surface area contributed by atoms with Crippen LogP contribution in [0.25, 0.3) is 5.69 Å². The molecule has 1 amide bonds. The number of benzene rings is 1. The first-order chi connectivity index (χ1) is 14.3. The summed E-state index contributed by atoms with van der Waals surface area (Å²) in [7, 11) is 4.04. The Labute approximate surface area is 189 Å². The topological polar surface area (TPSA) is 54.3 Å². The fraction of sp³-hybridized carbons (Fsp3) is 0.591. The number of hydrogen-bond acceptors (Lipinski definition) is 5. The van der Waals surface area contributed by atoms with Crippen molar-refractivity contribution in [1.29, 1.82) is 0 Å². The normalized spacial score (nSPS) is 19.2. The molecule has 1 aliphatic heterocycles. The highest BCUT2D eigenvalue weighted by atomic mass is 35.5. The molecule has 1 saturated heterocycles. The number of aromatic nitrogens is 3. The molecule has 1 aromatic carbocycles. The minimum atomic E-state index is -0.227. The van der Waals surface area contributed by atoms with Crippen LogP contribution in [-0.4, -0.2) is 62.4 Å². The Morgan fingerprint density at radius 3 is 2.57 bits per heavy atom. The van der Waals surface area contributed by atoms with Gasteiger partial charge in [-0.2, -0.15) is 0 Å². The smallest absolute Gasteiger partial charge is 0.236 e. The lowest BCUT2D eigenvalue weighted by molar-refractivity contribution is -0.134. The van der Waals surface area contributed by atoms with Gasteiger partial charge < -0.3 is 4.90 Å². The second-order valence-electron chi connectivity index (χ2n) is 8.14. The number of carbonyl (C=O) groups is 1. The van der Waals surface area contributed by atoms with E-state index >= 15 is 0 Å². The Balaban J connectivity index is 1.89. The van der Waals surface area contributed by atoms with Crippen molar-refractivity contribution in [2.75, 3.05) is 20.6 Å². The number of halogens is 1. The molecule has 2 aromatic rings. The maximum atomic E-state index is 13.2. The Morgan fingerprint density at radius 1 is 1.23 bits per heavy atom. The molecule has 1 aromatic heterocycles. The maximum Gasteiger partial charge on any atom is 0.236 e. The first-order valence-corrected chi connectivity index (χ1v) is 11.9. The third-order valence-corrected chi connectivity index (χ3v) is 7.19. The number of carbonyl (C=O) groups excluding carboxylic acids is 1. The van der Waals surface area contributed by atoms with E-state index in [4.69, 9.17) is 11.6 Å². The molecule has 6 nitrogen and oxygen atoms in total. The van der Waals surface area contributed by atoms with E-state index in [1.54, 1.807) is 0 Å². The van der Waals surface area contributed by atoms with Gasteiger partial charge in [-0.05, 0) is 77.9 Å². The molecule has 164 valence electrons. The summed E-state index contributed by atoms with van der Waals surface area (Å²) in [5, 5.41) is 10.1. The first-order valence-electron chi connectivity index (χ1n) is 10.7. The van der Waals surface area contributed by atoms with Crippen LogP contribution in [0, 0.1) is 0 Å². The molecule has 30 heavy (non-hydrogen) atoms. The number of hydrogen-bond donors (Lipinski definition) is 0. The van der Waals surface area contributed by atoms with Crippen LogP contribution in [-0.2, 0) is 4.79 Å². The molecule has 0 bridgehead atoms. The van der Waals surface area contributed by atoms with Gasteiger partial charge in [-0.25, -0.2) is 0 Å². The van der Waals surface area contributed by atoms with Gasteiger partial charge in [-0.3, -0.25) is 14.3 Å². The molecule has 0 saturated carbocycles. The SMILES string of the molecule is CCC1CCCCN1C(=O)C(C)Sc1nnc(C(C)N(C)C)n1-c1ccc(Cl)cc1. The fourth-order valence-electron chi connectivity index (χ4n) is 3.85. The second-order valence-corrected chi connectivity index (χ2v) is 9.89. The molecule has 3 unspecified atom stereocenters. The van der Waals surface area contributed by atoms with E-state index in [2.05, 4.69) is 33.8 Å². The van der Waals surface area contributed by atoms with Gasteiger partial charge in [0, 0.05) is 23.3 Å². The minimum Gasteiger partial charge on any atom is -0.339 e. The lowest BCUT2D eigenvalue weighted by Crippen LogP contribution is -2.46. The standard InChI is InChI=1S/C22H32ClN5OS/c1-6-18-9-7-8-14-27(18)21(29)16(3)30-22-25-24-20(15(2)26(4)5)28(22)19-12-10-17(23)11-13-19/h10-13,15-16,18H,6-9,14H2,1-5H3. The summed E-state index contributed by atoms with van der Waals surface area (Å²) in [6, 6.07) is 8.08. The Kier molecular flexibility index (Phi) is 7.82. The van der Waals surface area contributed by atoms with Crippen LogP contribution in [0.5, 0.6) is 0 Å². The van der Waals surface area contributed by atoms with Gasteiger partial charge in [0.05, 0.1) is 11.3 Å². The zero-order valence-corrected chi connectivity index (χ0v) is 20.1. The molecular formula is C22H32ClN5OS. The van der Waals surface area contributed by atoms with E-state index in [0.29, 0.717) is 11.1 Å². The van der Waals surface area contributed by atoms with E-state index in [1.165, 1.54) is 18.2 Å². The van der Waals surface area contributed by atoms with Crippen LogP contribution in [0.4, 0.5) is 0 Å². The van der Waals surface area contributed by atoms with Crippen molar-refractivity contribution in [1.82, 2.24) is 24.6 Å². The predicted octanol–water partition coefficient (Wildman–Crippen LogP) is 4.82. The van der Waals surface area contributed by atoms with Crippen molar-refractivity contribution < 1.29 is 4.79 Å². The molecule has 1 fully saturated rings. The summed E-state index contributed by atoms with van der Waals surface area (Å²) in [4.78, 5) is 17.4. The lowest BCUT2D eigenvalue weighted by atomic mass is 10.00. The summed E-state index contributed by atoms with van der Waals surface area (Å²) < 4.78 is 2.04. The number of thioether (sulfide) groups is 1. The van der Waals surface area contributed by atoms with Crippen LogP contribution in [0.3, 0.4) is 0 Å². The van der Waals surface area contributed by atoms with Gasteiger partial charge >= 0.3 is 0 Å². The van der Waals surface area contributed by atoms with Crippen LogP contribution in [0.1, 0.15) is 58.3 Å². The summed E-state index contributed by atoms with van der Waals surface area (Å²) in [6.07, 6.45) is 4.41. The first kappa shape index (κ1) is 23.1. The van der Waals surface area contributed by atoms with E-state index < -0.39 is 0 Å². The summed E-state index contributed by atoms with van der Waals surface area (Å²) in [6.45, 7) is 7.10. The molecule has 0 N–H and O–H groups in total. The molecule has 8 heteroatoms. The maximum absolute atomic E-state index is 13.2. The van der Waals surface area contributed by atoms with Crippen LogP contribution >= 0.6 is 23.4 Å². The highest BCUT2D eigenvalue weighted by Crippen LogP contribution is 2.31. The highest BCUT2D eigenvalue weighted by Gasteiger charge is 2.31. The molecule has 3 atom stereocenters. The Bertz CT molecular complexity index is 854. The fourth-order valence-corrected chi connectivity index (χ4v) is 4.92. The average Bonchev–Trinajstić information content (AvgIpc) is 3.16. The predicted molar refractivity (Wildman–Crippen MR) is 123 cm³/mol. The number of rotatable bonds is 7. The molecule has 0 radical (unpaired) electrons. The van der Waals surface area contributed by atoms with Crippen molar-refractivity contribution in [2.24, 2.45) is 0 Å². The van der Waals surface area contributed by atoms with E-state index in [1.807, 2.05) is 49.9 Å². The molecule has 1 aliphatic rings. The van der Waals surface area contributed by atoms with E-state index in [0.717, 1.165) is 42.5 Å². The Hall–Kier alpha value is -1.57. The summed E-state index contributed by atoms with van der Waals surface area (Å²) >= 11 is 7.58. The average molecular weight is 450 g/mol. The largest absolute Gasteiger partial charge is 0.339 e. The van der Waals surface area contributed by atoms with Gasteiger partial charge in [0.25, 0.3) is 0 Å². The van der Waals surface area contributed by atoms with Crippen LogP contribution in [0.15, 0.2) is 29.4 Å². The minimum absolute atomic E-state index is 0.0695. The zero-order chi connectivity index (χ0) is 21.8. The molecule has 0 aliphatic carbocycles. The Morgan fingerprint density at radius 2 is 1.93 bits per heavy atom. The van der Waals surface area contributed by atoms with Gasteiger partial charge in [0.1, 0.15) is 0 Å². The van der Waals surface area contributed by atoms with Crippen LogP contribution in [0.2, 0.25) is 5.02 Å². The van der Waals surface area contributed by atoms with Crippen LogP contribution < -0.4 is 0 Å². The van der Waals surface area contributed by atoms with Crippen molar-refractivity contribution in [3.8, 4) is 5.69 Å². The highest BCUT2D eigenvalue weighted by molar-refractivity contribution is 8.00. The van der Waals surface area contributed by atoms with E-state index in [9.17, 15) is 4.79 Å². The number of likely N-dealkylation sites (tertiary alicyclic amines) is 1. The monoisotopic (exact) mass is 449 g/mol. The second kappa shape index (κ2) is 10.2. The molecule has 2 heterocycles. The van der Waals surface area contributed by atoms with Crippen molar-refractivity contribution >= 4 is 29.3 Å². The summed E-state index contributed by atoms with van der Waals surface area (Å²) in [5.74, 6) is 1.04. The number of nitrogens with zero attached hydrogens (tertiary/aromatic N) is 5. The van der Waals surface area contributed by atoms with Gasteiger partial charge in [-0.15, -0.1) is 10.2 Å². The zero-order valence-electron chi connectivity index (χ0n) is 18.5. The van der Waals surface area contributed by atoms with Gasteiger partial charge in [0.2, 0.25) is 5.91 Å². The summed E-state index contributed by atoms with van der Waals surface area (Å²) in [5.41, 5.74) is 0.944. The lowest BCUT2D eigenvalue weighted by Gasteiger charge is -2.36. The van der Waals surface area contributed by atoms with Gasteiger partial charge in [-0.1, -0.05) is 30.3 Å². The van der Waals surface area contributed by atoms with Crippen molar-refractivity contribution in [3.05, 3.63) is 35.1 Å². The molecule has 0 spiro atoms. The van der Waals surface area contributed by atoms with Gasteiger partial charge in [0.15, 0.2) is 11.0 Å². The quantitative estimate of drug-likeness (QED) is 0.567. The van der Waals surface area contributed by atoms with Crippen molar-refractivity contribution in [3.63, 3.8) is 0 Å². The van der Waals surface area contributed by atoms with Crippen molar-refractivity contribution in [2.45, 2.75) is 68.9 Å². The number of piperidine rings is 1. The number of amides is 1. The third kappa shape index (κ3) is 5.01. The van der Waals surface area contributed by atoms with E-state index in [-0.39, 0.29) is 17.2 Å².